The van der Waals surface area contributed by atoms with Crippen molar-refractivity contribution < 1.29 is 19.2 Å². The van der Waals surface area contributed by atoms with E-state index in [1.54, 1.807) is 19.1 Å². The number of aryl methyl sites for hydroxylation is 1. The topological polar surface area (TPSA) is 92.4 Å². The second kappa shape index (κ2) is 6.16. The number of rotatable bonds is 5. The van der Waals surface area contributed by atoms with E-state index in [9.17, 15) is 9.59 Å². The zero-order valence-electron chi connectivity index (χ0n) is 10.6. The molecule has 1 amide bonds. The van der Waals surface area contributed by atoms with Gasteiger partial charge in [0.2, 0.25) is 5.76 Å². The fraction of sp³-hybridized carbons (Fsp3) is 0.154. The Hall–Kier alpha value is -2.41. The lowest BCUT2D eigenvalue weighted by Crippen LogP contribution is -2.22. The van der Waals surface area contributed by atoms with Gasteiger partial charge in [-0.1, -0.05) is 5.16 Å². The first kappa shape index (κ1) is 14.0. The largest absolute Gasteiger partial charge is 0.478 e. The molecular weight excluding hydrogens is 280 g/mol. The van der Waals surface area contributed by atoms with Crippen molar-refractivity contribution in [3.8, 4) is 0 Å². The van der Waals surface area contributed by atoms with Gasteiger partial charge in [-0.3, -0.25) is 4.79 Å². The molecule has 2 N–H and O–H groups in total. The van der Waals surface area contributed by atoms with E-state index in [1.165, 1.54) is 17.4 Å². The highest BCUT2D eigenvalue weighted by atomic mass is 32.1. The third kappa shape index (κ3) is 3.55. The molecule has 2 aromatic rings. The molecule has 0 unspecified atom stereocenters. The number of aromatic nitrogens is 1. The number of hydrogen-bond donors (Lipinski definition) is 2. The highest BCUT2D eigenvalue weighted by Crippen LogP contribution is 2.18. The SMILES string of the molecule is Cc1cc(C(=O)NCc2sccc2/C=C/C(=O)O)on1. The minimum Gasteiger partial charge on any atom is -0.478 e. The van der Waals surface area contributed by atoms with Gasteiger partial charge in [-0.15, -0.1) is 11.3 Å². The average molecular weight is 292 g/mol. The molecular formula is C13H12N2O4S. The molecule has 20 heavy (non-hydrogen) atoms. The Kier molecular flexibility index (Phi) is 4.31. The second-order valence-corrected chi connectivity index (χ2v) is 4.99. The van der Waals surface area contributed by atoms with E-state index >= 15 is 0 Å². The van der Waals surface area contributed by atoms with Crippen LogP contribution in [0, 0.1) is 6.92 Å². The van der Waals surface area contributed by atoms with E-state index in [4.69, 9.17) is 9.63 Å². The van der Waals surface area contributed by atoms with Crippen LogP contribution >= 0.6 is 11.3 Å². The fourth-order valence-corrected chi connectivity index (χ4v) is 2.33. The van der Waals surface area contributed by atoms with Crippen molar-refractivity contribution in [2.75, 3.05) is 0 Å². The maximum absolute atomic E-state index is 11.8. The highest BCUT2D eigenvalue weighted by Gasteiger charge is 2.12. The number of hydrogen-bond acceptors (Lipinski definition) is 5. The zero-order chi connectivity index (χ0) is 14.5. The molecule has 0 spiro atoms. The smallest absolute Gasteiger partial charge is 0.328 e. The quantitative estimate of drug-likeness (QED) is 0.823. The Morgan fingerprint density at radius 2 is 2.35 bits per heavy atom. The summed E-state index contributed by atoms with van der Waals surface area (Å²) in [4.78, 5) is 23.1. The number of thiophene rings is 1. The Balaban J connectivity index is 1.99. The molecule has 7 heteroatoms. The van der Waals surface area contributed by atoms with E-state index < -0.39 is 5.97 Å². The molecule has 104 valence electrons. The molecule has 0 fully saturated rings. The molecule has 2 heterocycles. The molecule has 2 aromatic heterocycles. The summed E-state index contributed by atoms with van der Waals surface area (Å²) in [6.45, 7) is 2.03. The third-order valence-electron chi connectivity index (χ3n) is 2.45. The number of carbonyl (C=O) groups is 2. The van der Waals surface area contributed by atoms with Crippen LogP contribution in [0.15, 0.2) is 28.1 Å². The molecule has 0 aromatic carbocycles. The number of aliphatic carboxylic acids is 1. The molecule has 0 aliphatic carbocycles. The first-order chi connectivity index (χ1) is 9.56. The second-order valence-electron chi connectivity index (χ2n) is 3.99. The summed E-state index contributed by atoms with van der Waals surface area (Å²) >= 11 is 1.44. The van der Waals surface area contributed by atoms with Crippen LogP contribution in [0.5, 0.6) is 0 Å². The molecule has 0 aliphatic rings. The Labute approximate surface area is 118 Å². The molecule has 0 atom stereocenters. The summed E-state index contributed by atoms with van der Waals surface area (Å²) < 4.78 is 4.85. The minimum absolute atomic E-state index is 0.154. The predicted molar refractivity (Wildman–Crippen MR) is 73.4 cm³/mol. The van der Waals surface area contributed by atoms with Crippen LogP contribution in [-0.4, -0.2) is 22.1 Å². The lowest BCUT2D eigenvalue weighted by atomic mass is 10.2. The maximum atomic E-state index is 11.8. The molecule has 6 nitrogen and oxygen atoms in total. The highest BCUT2D eigenvalue weighted by molar-refractivity contribution is 7.10. The number of nitrogens with one attached hydrogen (secondary N) is 1. The molecule has 0 bridgehead atoms. The Morgan fingerprint density at radius 1 is 1.55 bits per heavy atom. The van der Waals surface area contributed by atoms with E-state index in [1.807, 2.05) is 5.38 Å². The van der Waals surface area contributed by atoms with E-state index in [0.717, 1.165) is 16.5 Å². The summed E-state index contributed by atoms with van der Waals surface area (Å²) in [6.07, 6.45) is 2.56. The van der Waals surface area contributed by atoms with Crippen molar-refractivity contribution in [2.24, 2.45) is 0 Å². The molecule has 2 rings (SSSR count). The standard InChI is InChI=1S/C13H12N2O4S/c1-8-6-10(19-15-8)13(18)14-7-11-9(4-5-20-11)2-3-12(16)17/h2-6H,7H2,1H3,(H,14,18)(H,16,17)/b3-2+. The summed E-state index contributed by atoms with van der Waals surface area (Å²) in [5, 5.41) is 16.8. The number of carbonyl (C=O) groups excluding carboxylic acids is 1. The molecule has 0 saturated heterocycles. The van der Waals surface area contributed by atoms with Crippen molar-refractivity contribution in [1.82, 2.24) is 10.5 Å². The fourth-order valence-electron chi connectivity index (χ4n) is 1.52. The van der Waals surface area contributed by atoms with Gasteiger partial charge in [0, 0.05) is 17.0 Å². The molecule has 0 aliphatic heterocycles. The van der Waals surface area contributed by atoms with Gasteiger partial charge in [0.05, 0.1) is 12.2 Å². The zero-order valence-corrected chi connectivity index (χ0v) is 11.4. The summed E-state index contributed by atoms with van der Waals surface area (Å²) in [6, 6.07) is 3.35. The average Bonchev–Trinajstić information content (AvgIpc) is 3.02. The minimum atomic E-state index is -1.01. The van der Waals surface area contributed by atoms with Gasteiger partial charge >= 0.3 is 5.97 Å². The Bertz CT molecular complexity index is 657. The first-order valence-corrected chi connectivity index (χ1v) is 6.63. The van der Waals surface area contributed by atoms with Crippen molar-refractivity contribution >= 4 is 29.3 Å². The maximum Gasteiger partial charge on any atom is 0.328 e. The first-order valence-electron chi connectivity index (χ1n) is 5.75. The van der Waals surface area contributed by atoms with E-state index in [2.05, 4.69) is 10.5 Å². The Morgan fingerprint density at radius 3 is 3.00 bits per heavy atom. The summed E-state index contributed by atoms with van der Waals surface area (Å²) in [5.74, 6) is -1.21. The van der Waals surface area contributed by atoms with Crippen LogP contribution in [0.25, 0.3) is 6.08 Å². The number of carboxylic acid groups (broad SMARTS) is 1. The number of nitrogens with zero attached hydrogens (tertiary/aromatic N) is 1. The van der Waals surface area contributed by atoms with Crippen molar-refractivity contribution in [2.45, 2.75) is 13.5 Å². The number of amides is 1. The van der Waals surface area contributed by atoms with Gasteiger partial charge in [0.25, 0.3) is 5.91 Å². The van der Waals surface area contributed by atoms with Gasteiger partial charge in [-0.25, -0.2) is 4.79 Å². The van der Waals surface area contributed by atoms with Crippen LogP contribution in [-0.2, 0) is 11.3 Å². The predicted octanol–water partition coefficient (Wildman–Crippen LogP) is 2.07. The van der Waals surface area contributed by atoms with Gasteiger partial charge in [-0.05, 0) is 30.0 Å². The normalized spacial score (nSPS) is 10.8. The monoisotopic (exact) mass is 292 g/mol. The lowest BCUT2D eigenvalue weighted by molar-refractivity contribution is -0.131. The van der Waals surface area contributed by atoms with Crippen LogP contribution in [0.4, 0.5) is 0 Å². The van der Waals surface area contributed by atoms with E-state index in [0.29, 0.717) is 12.2 Å². The molecule has 0 radical (unpaired) electrons. The van der Waals surface area contributed by atoms with Crippen LogP contribution in [0.2, 0.25) is 0 Å². The van der Waals surface area contributed by atoms with Crippen molar-refractivity contribution in [1.29, 1.82) is 0 Å². The molecule has 0 saturated carbocycles. The lowest BCUT2D eigenvalue weighted by Gasteiger charge is -2.01. The van der Waals surface area contributed by atoms with Crippen molar-refractivity contribution in [3.63, 3.8) is 0 Å². The summed E-state index contributed by atoms with van der Waals surface area (Å²) in [5.41, 5.74) is 1.41. The van der Waals surface area contributed by atoms with Gasteiger partial charge < -0.3 is 14.9 Å². The van der Waals surface area contributed by atoms with Gasteiger partial charge in [0.1, 0.15) is 0 Å². The number of carboxylic acids is 1. The van der Waals surface area contributed by atoms with Crippen molar-refractivity contribution in [3.05, 3.63) is 45.5 Å². The van der Waals surface area contributed by atoms with Crippen LogP contribution in [0.1, 0.15) is 26.7 Å². The van der Waals surface area contributed by atoms with Crippen LogP contribution < -0.4 is 5.32 Å². The van der Waals surface area contributed by atoms with Gasteiger partial charge in [-0.2, -0.15) is 0 Å². The summed E-state index contributed by atoms with van der Waals surface area (Å²) in [7, 11) is 0. The van der Waals surface area contributed by atoms with Crippen LogP contribution in [0.3, 0.4) is 0 Å². The van der Waals surface area contributed by atoms with E-state index in [-0.39, 0.29) is 11.7 Å². The third-order valence-corrected chi connectivity index (χ3v) is 3.38. The van der Waals surface area contributed by atoms with Gasteiger partial charge in [0.15, 0.2) is 0 Å².